The van der Waals surface area contributed by atoms with E-state index in [0.717, 1.165) is 11.1 Å². The number of nitrogens with zero attached hydrogens (tertiary/aromatic N) is 7. The highest BCUT2D eigenvalue weighted by molar-refractivity contribution is 5.67. The smallest absolute Gasteiger partial charge is 0.410 e. The number of rotatable bonds is 10. The van der Waals surface area contributed by atoms with E-state index in [-0.39, 0.29) is 32.5 Å². The highest BCUT2D eigenvalue weighted by atomic mass is 16.7. The van der Waals surface area contributed by atoms with Gasteiger partial charge in [-0.3, -0.25) is 0 Å². The molecule has 8 atom stereocenters. The molecule has 2 aromatic carbocycles. The molecular weight excluding hydrogens is 534 g/mol. The Morgan fingerprint density at radius 2 is 1.56 bits per heavy atom. The van der Waals surface area contributed by atoms with Crippen LogP contribution in [0.15, 0.2) is 70.9 Å². The fraction of sp³-hybridized carbons (Fsp3) is 0.519. The first-order valence-electron chi connectivity index (χ1n) is 13.3. The Morgan fingerprint density at radius 3 is 2.22 bits per heavy atom. The molecule has 14 heteroatoms. The summed E-state index contributed by atoms with van der Waals surface area (Å²) in [6.07, 6.45) is -7.09. The van der Waals surface area contributed by atoms with Gasteiger partial charge in [0.05, 0.1) is 36.9 Å². The van der Waals surface area contributed by atoms with Crippen LogP contribution in [0, 0.1) is 0 Å². The summed E-state index contributed by atoms with van der Waals surface area (Å²) in [5, 5.41) is 38.9. The third-order valence-electron chi connectivity index (χ3n) is 7.16. The lowest BCUT2D eigenvalue weighted by Crippen LogP contribution is -2.58. The molecule has 218 valence electrons. The molecule has 1 saturated heterocycles. The van der Waals surface area contributed by atoms with Crippen LogP contribution in [0.4, 0.5) is 4.79 Å². The van der Waals surface area contributed by atoms with Crippen LogP contribution in [0.5, 0.6) is 0 Å². The highest BCUT2D eigenvalue weighted by Crippen LogP contribution is 2.31. The Hall–Kier alpha value is -3.87. The van der Waals surface area contributed by atoms with Gasteiger partial charge in [0.15, 0.2) is 6.29 Å². The molecule has 1 aliphatic carbocycles. The van der Waals surface area contributed by atoms with Crippen molar-refractivity contribution in [3.05, 3.63) is 92.7 Å². The summed E-state index contributed by atoms with van der Waals surface area (Å²) >= 11 is 0. The zero-order valence-corrected chi connectivity index (χ0v) is 22.2. The molecule has 2 aromatic rings. The second-order valence-corrected chi connectivity index (χ2v) is 10.0. The van der Waals surface area contributed by atoms with E-state index in [2.05, 4.69) is 20.1 Å². The van der Waals surface area contributed by atoms with Crippen molar-refractivity contribution in [3.63, 3.8) is 0 Å². The molecule has 14 nitrogen and oxygen atoms in total. The monoisotopic (exact) mass is 567 g/mol. The molecule has 0 bridgehead atoms. The van der Waals surface area contributed by atoms with Gasteiger partial charge in [-0.05, 0) is 41.5 Å². The Morgan fingerprint density at radius 1 is 0.927 bits per heavy atom. The fourth-order valence-electron chi connectivity index (χ4n) is 5.02. The third kappa shape index (κ3) is 8.09. The molecule has 8 unspecified atom stereocenters. The van der Waals surface area contributed by atoms with E-state index in [1.54, 1.807) is 0 Å². The largest absolute Gasteiger partial charge is 0.445 e. The van der Waals surface area contributed by atoms with Crippen molar-refractivity contribution < 1.29 is 34.3 Å². The third-order valence-corrected chi connectivity index (χ3v) is 7.16. The van der Waals surface area contributed by atoms with E-state index in [4.69, 9.17) is 25.3 Å². The lowest BCUT2D eigenvalue weighted by molar-refractivity contribution is -0.280. The van der Waals surface area contributed by atoms with Gasteiger partial charge in [-0.1, -0.05) is 70.9 Å². The molecular formula is C27H33N7O7. The van der Waals surface area contributed by atoms with Crippen LogP contribution in [0.2, 0.25) is 0 Å². The van der Waals surface area contributed by atoms with Crippen molar-refractivity contribution in [2.75, 3.05) is 6.54 Å². The molecule has 1 aliphatic heterocycles. The molecule has 1 amide bonds. The minimum Gasteiger partial charge on any atom is -0.445 e. The average molecular weight is 568 g/mol. The van der Waals surface area contributed by atoms with Crippen molar-refractivity contribution in [2.24, 2.45) is 10.2 Å². The fourth-order valence-corrected chi connectivity index (χ4v) is 5.02. The summed E-state index contributed by atoms with van der Waals surface area (Å²) in [5.74, 6) is 0. The van der Waals surface area contributed by atoms with E-state index in [0.29, 0.717) is 6.42 Å². The van der Waals surface area contributed by atoms with Gasteiger partial charge in [-0.15, -0.1) is 0 Å². The standard InChI is InChI=1S/C27H33N7O7/c28-32-30-20-13-21(31-33-29)25(24(37)23(20)36)41-26-22(35)12-11-19(40-26)15-34(14-17-7-3-1-4-8-17)27(38)39-16-18-9-5-2-6-10-18/h1-10,19-26,35-37H,11-16H2. The van der Waals surface area contributed by atoms with Crippen molar-refractivity contribution in [2.45, 2.75) is 81.3 Å². The minimum atomic E-state index is -1.58. The van der Waals surface area contributed by atoms with Crippen LogP contribution in [-0.2, 0) is 27.4 Å². The number of hydrogen-bond donors (Lipinski definition) is 3. The SMILES string of the molecule is [N-]=[N+]=NC1CC(N=[N+]=[N-])C(OC2OC(CN(Cc3ccccc3)C(=O)OCc3ccccc3)CCC2O)C(O)C1O. The van der Waals surface area contributed by atoms with Crippen molar-refractivity contribution in [1.29, 1.82) is 0 Å². The first-order valence-corrected chi connectivity index (χ1v) is 13.3. The summed E-state index contributed by atoms with van der Waals surface area (Å²) in [4.78, 5) is 20.1. The van der Waals surface area contributed by atoms with Crippen LogP contribution < -0.4 is 0 Å². The second-order valence-electron chi connectivity index (χ2n) is 10.0. The Labute approximate surface area is 236 Å². The molecule has 3 N–H and O–H groups in total. The van der Waals surface area contributed by atoms with Crippen LogP contribution in [0.25, 0.3) is 20.9 Å². The van der Waals surface area contributed by atoms with Crippen LogP contribution >= 0.6 is 0 Å². The number of aliphatic hydroxyl groups is 3. The van der Waals surface area contributed by atoms with Crippen molar-refractivity contribution >= 4 is 6.09 Å². The van der Waals surface area contributed by atoms with Gasteiger partial charge < -0.3 is 34.4 Å². The Kier molecular flexibility index (Phi) is 10.8. The quantitative estimate of drug-likeness (QED) is 0.221. The van der Waals surface area contributed by atoms with Gasteiger partial charge in [-0.25, -0.2) is 4.79 Å². The minimum absolute atomic E-state index is 0.0681. The van der Waals surface area contributed by atoms with Crippen LogP contribution in [0.3, 0.4) is 0 Å². The van der Waals surface area contributed by atoms with E-state index >= 15 is 0 Å². The van der Waals surface area contributed by atoms with Gasteiger partial charge in [0.2, 0.25) is 0 Å². The molecule has 0 aromatic heterocycles. The van der Waals surface area contributed by atoms with Crippen LogP contribution in [-0.4, -0.2) is 81.8 Å². The van der Waals surface area contributed by atoms with Gasteiger partial charge in [0.25, 0.3) is 0 Å². The molecule has 0 spiro atoms. The highest BCUT2D eigenvalue weighted by Gasteiger charge is 2.46. The normalized spacial score (nSPS) is 29.4. The summed E-state index contributed by atoms with van der Waals surface area (Å²) < 4.78 is 17.5. The van der Waals surface area contributed by atoms with Gasteiger partial charge in [0, 0.05) is 16.4 Å². The number of amides is 1. The lowest BCUT2D eigenvalue weighted by atomic mass is 9.84. The van der Waals surface area contributed by atoms with Gasteiger partial charge in [0.1, 0.15) is 18.8 Å². The van der Waals surface area contributed by atoms with Crippen molar-refractivity contribution in [1.82, 2.24) is 4.90 Å². The van der Waals surface area contributed by atoms with Gasteiger partial charge in [-0.2, -0.15) is 0 Å². The van der Waals surface area contributed by atoms with Gasteiger partial charge >= 0.3 is 6.09 Å². The summed E-state index contributed by atoms with van der Waals surface area (Å²) in [6, 6.07) is 16.7. The predicted octanol–water partition coefficient (Wildman–Crippen LogP) is 3.56. The Balaban J connectivity index is 1.45. The molecule has 2 aliphatic rings. The van der Waals surface area contributed by atoms with E-state index in [1.807, 2.05) is 60.7 Å². The lowest BCUT2D eigenvalue weighted by Gasteiger charge is -2.43. The summed E-state index contributed by atoms with van der Waals surface area (Å²) in [7, 11) is 0. The number of azide groups is 2. The second kappa shape index (κ2) is 14.7. The number of carbonyl (C=O) groups excluding carboxylic acids is 1. The molecule has 2 fully saturated rings. The average Bonchev–Trinajstić information content (AvgIpc) is 2.99. The van der Waals surface area contributed by atoms with Crippen molar-refractivity contribution in [3.8, 4) is 0 Å². The zero-order valence-electron chi connectivity index (χ0n) is 22.2. The number of ether oxygens (including phenoxy) is 3. The molecule has 4 rings (SSSR count). The molecule has 0 radical (unpaired) electrons. The topological polar surface area (TPSA) is 206 Å². The maximum Gasteiger partial charge on any atom is 0.410 e. The van der Waals surface area contributed by atoms with E-state index < -0.39 is 55.0 Å². The summed E-state index contributed by atoms with van der Waals surface area (Å²) in [6.45, 7) is 0.486. The summed E-state index contributed by atoms with van der Waals surface area (Å²) in [5.41, 5.74) is 19.5. The number of carbonyl (C=O) groups is 1. The van der Waals surface area contributed by atoms with Crippen LogP contribution in [0.1, 0.15) is 30.4 Å². The molecule has 41 heavy (non-hydrogen) atoms. The number of hydrogen-bond acceptors (Lipinski definition) is 9. The van der Waals surface area contributed by atoms with E-state index in [1.165, 1.54) is 4.90 Å². The zero-order chi connectivity index (χ0) is 29.2. The van der Waals surface area contributed by atoms with E-state index in [9.17, 15) is 20.1 Å². The first-order chi connectivity index (χ1) is 19.9. The predicted molar refractivity (Wildman–Crippen MR) is 145 cm³/mol. The molecule has 1 saturated carbocycles. The maximum atomic E-state index is 13.2. The first kappa shape index (κ1) is 30.1. The maximum absolute atomic E-state index is 13.2. The number of benzene rings is 2. The molecule has 1 heterocycles. The number of aliphatic hydroxyl groups excluding tert-OH is 3. The Bertz CT molecular complexity index is 1230.